The summed E-state index contributed by atoms with van der Waals surface area (Å²) in [4.78, 5) is 15.0. The summed E-state index contributed by atoms with van der Waals surface area (Å²) >= 11 is 0. The van der Waals surface area contributed by atoms with Gasteiger partial charge in [-0.15, -0.1) is 0 Å². The first-order valence-corrected chi connectivity index (χ1v) is 25.1. The van der Waals surface area contributed by atoms with E-state index in [-0.39, 0.29) is 24.6 Å². The first kappa shape index (κ1) is 41.8. The third-order valence-corrected chi connectivity index (χ3v) is 16.1. The topological polar surface area (TPSA) is 93.5 Å². The lowest BCUT2D eigenvalue weighted by atomic mass is 9.89. The molecule has 8 atom stereocenters. The third kappa shape index (κ3) is 8.38. The SMILES string of the molecule is O=C(OCc1ccccc1)N1C2CCC1C(Cn1ccc3cc(-c4cnn(C5CCCCO5)c4)ccc31)C2.c1cc2c(ccn2CC2CC3CCC2C3)cc1-c1cnn(C2CCCCO2)c1. The van der Waals surface area contributed by atoms with E-state index in [0.717, 1.165) is 87.2 Å². The van der Waals surface area contributed by atoms with E-state index < -0.39 is 0 Å². The zero-order valence-electron chi connectivity index (χ0n) is 38.1. The minimum absolute atomic E-state index is 0.0549. The maximum atomic E-state index is 13.0. The van der Waals surface area contributed by atoms with Crippen molar-refractivity contribution in [2.45, 2.75) is 128 Å². The van der Waals surface area contributed by atoms with Crippen LogP contribution in [0.5, 0.6) is 0 Å². The lowest BCUT2D eigenvalue weighted by molar-refractivity contribution is -0.0395. The molecular weight excluding hydrogens is 823 g/mol. The monoisotopic (exact) mass is 885 g/mol. The van der Waals surface area contributed by atoms with E-state index in [1.807, 2.05) is 57.0 Å². The molecule has 1 amide bonds. The Morgan fingerprint density at radius 1 is 0.621 bits per heavy atom. The number of benzene rings is 3. The van der Waals surface area contributed by atoms with Crippen LogP contribution in [0.1, 0.15) is 101 Å². The molecule has 8 heterocycles. The van der Waals surface area contributed by atoms with Crippen LogP contribution in [-0.2, 0) is 33.9 Å². The van der Waals surface area contributed by atoms with Crippen LogP contribution in [0.15, 0.2) is 116 Å². The number of hydrogen-bond acceptors (Lipinski definition) is 6. The van der Waals surface area contributed by atoms with Gasteiger partial charge in [0.25, 0.3) is 0 Å². The summed E-state index contributed by atoms with van der Waals surface area (Å²) in [5, 5.41) is 11.7. The molecule has 7 aromatic rings. The molecule has 0 radical (unpaired) electrons. The molecule has 6 aliphatic rings. The van der Waals surface area contributed by atoms with Crippen LogP contribution >= 0.6 is 0 Å². The molecule has 11 heteroatoms. The normalized spacial score (nSPS) is 26.9. The molecule has 2 saturated carbocycles. The van der Waals surface area contributed by atoms with Gasteiger partial charge >= 0.3 is 6.09 Å². The second kappa shape index (κ2) is 18.2. The van der Waals surface area contributed by atoms with Gasteiger partial charge in [0.05, 0.1) is 12.4 Å². The van der Waals surface area contributed by atoms with Crippen LogP contribution in [0.3, 0.4) is 0 Å². The van der Waals surface area contributed by atoms with Crippen LogP contribution in [0.25, 0.3) is 44.1 Å². The molecule has 2 aliphatic carbocycles. The van der Waals surface area contributed by atoms with Crippen molar-refractivity contribution in [3.05, 3.63) is 122 Å². The van der Waals surface area contributed by atoms with E-state index in [0.29, 0.717) is 18.6 Å². The quantitative estimate of drug-likeness (QED) is 0.136. The van der Waals surface area contributed by atoms with Gasteiger partial charge in [-0.05, 0) is 154 Å². The Labute approximate surface area is 387 Å². The van der Waals surface area contributed by atoms with E-state index in [1.165, 1.54) is 90.0 Å². The van der Waals surface area contributed by atoms with Crippen molar-refractivity contribution in [2.24, 2.45) is 23.7 Å². The molecule has 66 heavy (non-hydrogen) atoms. The van der Waals surface area contributed by atoms with Crippen LogP contribution < -0.4 is 0 Å². The molecule has 8 unspecified atom stereocenters. The lowest BCUT2D eigenvalue weighted by Crippen LogP contribution is -2.37. The zero-order valence-corrected chi connectivity index (χ0v) is 38.1. The van der Waals surface area contributed by atoms with Crippen molar-refractivity contribution in [2.75, 3.05) is 13.2 Å². The lowest BCUT2D eigenvalue weighted by Gasteiger charge is -2.24. The van der Waals surface area contributed by atoms with Gasteiger partial charge < -0.3 is 28.2 Å². The molecule has 4 bridgehead atoms. The van der Waals surface area contributed by atoms with Crippen molar-refractivity contribution in [1.82, 2.24) is 33.6 Å². The Hall–Kier alpha value is -5.65. The molecule has 0 N–H and O–H groups in total. The van der Waals surface area contributed by atoms with Crippen molar-refractivity contribution >= 4 is 27.9 Å². The maximum absolute atomic E-state index is 13.0. The minimum atomic E-state index is -0.162. The van der Waals surface area contributed by atoms with Crippen molar-refractivity contribution in [1.29, 1.82) is 0 Å². The fraction of sp³-hybridized carbons (Fsp3) is 0.473. The van der Waals surface area contributed by atoms with Gasteiger partial charge in [0.2, 0.25) is 0 Å². The standard InChI is InChI=1S/C31H34N4O3.C24H29N3O/c36-31(38-21-22-6-2-1-3-7-22)35-27-10-12-29(35)25(17-27)19-33-14-13-24-16-23(9-11-28(24)33)26-18-32-34(20-26)30-8-4-5-15-37-30;1-2-10-28-24(3-1)27-16-22(14-25-27)19-6-7-23-20(13-19)8-9-26(23)15-21-12-17-4-5-18(21)11-17/h1-3,6-7,9,11,13-14,16,18,20,25,27,29-30H,4-5,8,10,12,15,17,19,21H2;6-9,13-14,16-18,21,24H,1-5,10-12,15H2. The van der Waals surface area contributed by atoms with Crippen LogP contribution in [-0.4, -0.2) is 65.0 Å². The minimum Gasteiger partial charge on any atom is -0.445 e. The zero-order chi connectivity index (χ0) is 44.0. The Morgan fingerprint density at radius 3 is 1.83 bits per heavy atom. The van der Waals surface area contributed by atoms with E-state index in [9.17, 15) is 4.79 Å². The van der Waals surface area contributed by atoms with Gasteiger partial charge in [-0.25, -0.2) is 14.2 Å². The molecule has 342 valence electrons. The van der Waals surface area contributed by atoms with E-state index in [2.05, 4.69) is 92.6 Å². The van der Waals surface area contributed by atoms with E-state index >= 15 is 0 Å². The van der Waals surface area contributed by atoms with Gasteiger partial charge in [0.1, 0.15) is 19.1 Å². The Morgan fingerprint density at radius 2 is 1.26 bits per heavy atom. The van der Waals surface area contributed by atoms with Crippen LogP contribution in [0.4, 0.5) is 4.79 Å². The molecule has 0 spiro atoms. The highest BCUT2D eigenvalue weighted by Gasteiger charge is 2.49. The van der Waals surface area contributed by atoms with Gasteiger partial charge in [0.15, 0.2) is 0 Å². The van der Waals surface area contributed by atoms with Gasteiger partial charge in [-0.1, -0.05) is 48.9 Å². The number of carbonyl (C=O) groups excluding carboxylic acids is 1. The summed E-state index contributed by atoms with van der Waals surface area (Å²) in [7, 11) is 0. The molecule has 11 nitrogen and oxygen atoms in total. The summed E-state index contributed by atoms with van der Waals surface area (Å²) in [5.74, 6) is 3.34. The predicted octanol–water partition coefficient (Wildman–Crippen LogP) is 12.0. The van der Waals surface area contributed by atoms with Crippen molar-refractivity contribution in [3.63, 3.8) is 0 Å². The number of aromatic nitrogens is 6. The predicted molar refractivity (Wildman–Crippen MR) is 256 cm³/mol. The number of hydrogen-bond donors (Lipinski definition) is 0. The molecule has 4 saturated heterocycles. The fourth-order valence-electron chi connectivity index (χ4n) is 12.7. The number of amides is 1. The van der Waals surface area contributed by atoms with Gasteiger partial charge in [0, 0.05) is 96.1 Å². The Balaban J connectivity index is 0.000000145. The molecular formula is C55H63N7O4. The first-order chi connectivity index (χ1) is 32.6. The van der Waals surface area contributed by atoms with Crippen molar-refractivity contribution < 1.29 is 19.0 Å². The summed E-state index contributed by atoms with van der Waals surface area (Å²) in [6.45, 7) is 4.11. The molecule has 6 fully saturated rings. The third-order valence-electron chi connectivity index (χ3n) is 16.1. The molecule has 13 rings (SSSR count). The Bertz CT molecular complexity index is 2770. The van der Waals surface area contributed by atoms with Gasteiger partial charge in [-0.3, -0.25) is 0 Å². The summed E-state index contributed by atoms with van der Waals surface area (Å²) < 4.78 is 26.3. The summed E-state index contributed by atoms with van der Waals surface area (Å²) in [5.41, 5.74) is 8.34. The highest BCUT2D eigenvalue weighted by molar-refractivity contribution is 5.86. The number of fused-ring (bicyclic) bond motifs is 6. The highest BCUT2D eigenvalue weighted by Crippen LogP contribution is 2.49. The maximum Gasteiger partial charge on any atom is 0.410 e. The second-order valence-corrected chi connectivity index (χ2v) is 20.2. The summed E-state index contributed by atoms with van der Waals surface area (Å²) in [6, 6.07) is 28.5. The van der Waals surface area contributed by atoms with Crippen LogP contribution in [0.2, 0.25) is 0 Å². The second-order valence-electron chi connectivity index (χ2n) is 20.2. The van der Waals surface area contributed by atoms with E-state index in [4.69, 9.17) is 14.2 Å². The molecule has 3 aromatic carbocycles. The average molecular weight is 886 g/mol. The summed E-state index contributed by atoms with van der Waals surface area (Å²) in [6.07, 6.45) is 28.5. The smallest absolute Gasteiger partial charge is 0.410 e. The molecule has 4 aliphatic heterocycles. The highest BCUT2D eigenvalue weighted by atomic mass is 16.6. The number of rotatable bonds is 10. The Kier molecular flexibility index (Phi) is 11.5. The number of ether oxygens (including phenoxy) is 3. The van der Waals surface area contributed by atoms with Crippen LogP contribution in [0, 0.1) is 23.7 Å². The number of nitrogens with zero attached hydrogens (tertiary/aromatic N) is 7. The largest absolute Gasteiger partial charge is 0.445 e. The average Bonchev–Trinajstić information content (AvgIpc) is 4.24. The van der Waals surface area contributed by atoms with E-state index in [1.54, 1.807) is 0 Å². The fourth-order valence-corrected chi connectivity index (χ4v) is 12.7. The first-order valence-electron chi connectivity index (χ1n) is 25.1. The molecule has 4 aromatic heterocycles. The number of carbonyl (C=O) groups is 1. The van der Waals surface area contributed by atoms with Crippen molar-refractivity contribution in [3.8, 4) is 22.3 Å². The van der Waals surface area contributed by atoms with Gasteiger partial charge in [-0.2, -0.15) is 10.2 Å².